The molecule has 5 rings (SSSR count). The van der Waals surface area contributed by atoms with Crippen LogP contribution in [-0.4, -0.2) is 77.7 Å². The zero-order chi connectivity index (χ0) is 35.8. The van der Waals surface area contributed by atoms with E-state index in [4.69, 9.17) is 9.47 Å². The average molecular weight is 686 g/mol. The van der Waals surface area contributed by atoms with Gasteiger partial charge in [0.2, 0.25) is 11.8 Å². The molecule has 2 bridgehead atoms. The molecule has 268 valence electrons. The van der Waals surface area contributed by atoms with Gasteiger partial charge in [-0.3, -0.25) is 19.2 Å². The Morgan fingerprint density at radius 2 is 1.78 bits per heavy atom. The van der Waals surface area contributed by atoms with Crippen LogP contribution in [0.1, 0.15) is 74.1 Å². The lowest BCUT2D eigenvalue weighted by Crippen LogP contribution is -2.57. The minimum Gasteiger partial charge on any atom is -0.463 e. The number of carbonyl (C=O) groups excluding carboxylic acids is 4. The fourth-order valence-electron chi connectivity index (χ4n) is 8.16. The molecule has 3 saturated heterocycles. The predicted octanol–water partition coefficient (Wildman–Crippen LogP) is 5.12. The number of hydrogen-bond donors (Lipinski definition) is 2. The molecule has 0 radical (unpaired) electrons. The minimum atomic E-state index is -1.17. The maximum Gasteiger partial charge on any atom is 0.306 e. The first-order valence-electron chi connectivity index (χ1n) is 17.9. The lowest BCUT2D eigenvalue weighted by atomic mass is 9.70. The van der Waals surface area contributed by atoms with Gasteiger partial charge in [-0.05, 0) is 62.6 Å². The minimum absolute atomic E-state index is 0.0684. The number of carbonyl (C=O) groups is 4. The van der Waals surface area contributed by atoms with E-state index in [2.05, 4.69) is 18.5 Å². The number of benzene rings is 2. The van der Waals surface area contributed by atoms with Gasteiger partial charge in [0.15, 0.2) is 0 Å². The Morgan fingerprint density at radius 1 is 1.06 bits per heavy atom. The van der Waals surface area contributed by atoms with Gasteiger partial charge in [-0.15, -0.1) is 13.2 Å². The number of ether oxygens (including phenoxy) is 2. The van der Waals surface area contributed by atoms with E-state index in [1.807, 2.05) is 62.4 Å². The largest absolute Gasteiger partial charge is 0.463 e. The molecule has 1 spiro atoms. The van der Waals surface area contributed by atoms with Crippen molar-refractivity contribution in [3.05, 3.63) is 90.5 Å². The summed E-state index contributed by atoms with van der Waals surface area (Å²) in [7, 11) is 0. The number of anilines is 1. The molecule has 0 aliphatic carbocycles. The molecule has 0 unspecified atom stereocenters. The third kappa shape index (κ3) is 7.42. The molecule has 0 aromatic heterocycles. The van der Waals surface area contributed by atoms with E-state index in [1.165, 1.54) is 0 Å². The number of likely N-dealkylation sites (tertiary alicyclic amines) is 1. The summed E-state index contributed by atoms with van der Waals surface area (Å²) in [5.41, 5.74) is 2.24. The smallest absolute Gasteiger partial charge is 0.306 e. The molecule has 50 heavy (non-hydrogen) atoms. The second kappa shape index (κ2) is 16.6. The second-order valence-electron chi connectivity index (χ2n) is 13.7. The van der Waals surface area contributed by atoms with Crippen molar-refractivity contribution in [2.24, 2.45) is 11.8 Å². The highest BCUT2D eigenvalue weighted by molar-refractivity contribution is 6.05. The summed E-state index contributed by atoms with van der Waals surface area (Å²) < 4.78 is 12.3. The van der Waals surface area contributed by atoms with Crippen LogP contribution in [0.5, 0.6) is 0 Å². The van der Waals surface area contributed by atoms with Gasteiger partial charge in [-0.25, -0.2) is 0 Å². The summed E-state index contributed by atoms with van der Waals surface area (Å²) in [6.45, 7) is 12.1. The number of para-hydroxylation sites is 1. The third-order valence-electron chi connectivity index (χ3n) is 10.4. The number of esters is 1. The molecular formula is C40H51N3O7. The molecule has 3 aliphatic heterocycles. The summed E-state index contributed by atoms with van der Waals surface area (Å²) in [6, 6.07) is 13.6. The van der Waals surface area contributed by atoms with Crippen molar-refractivity contribution in [3.8, 4) is 0 Å². The highest BCUT2D eigenvalue weighted by Gasteiger charge is 2.74. The van der Waals surface area contributed by atoms with E-state index in [1.54, 1.807) is 22.0 Å². The van der Waals surface area contributed by atoms with E-state index in [9.17, 15) is 24.3 Å². The highest BCUT2D eigenvalue weighted by atomic mass is 16.5. The number of rotatable bonds is 18. The third-order valence-corrected chi connectivity index (χ3v) is 10.4. The maximum absolute atomic E-state index is 14.9. The van der Waals surface area contributed by atoms with E-state index < -0.39 is 41.6 Å². The first kappa shape index (κ1) is 37.0. The van der Waals surface area contributed by atoms with Crippen molar-refractivity contribution in [1.82, 2.24) is 10.2 Å². The Hall–Kier alpha value is -4.28. The molecule has 3 amide bonds. The number of fused-ring (bicyclic) bond motifs is 1. The molecule has 3 fully saturated rings. The topological polar surface area (TPSA) is 125 Å². The number of hydrogen-bond acceptors (Lipinski definition) is 7. The number of amides is 3. The maximum atomic E-state index is 14.9. The van der Waals surface area contributed by atoms with Crippen molar-refractivity contribution in [2.45, 2.75) is 89.0 Å². The van der Waals surface area contributed by atoms with Crippen LogP contribution < -0.4 is 10.2 Å². The Kier molecular flexibility index (Phi) is 12.3. The van der Waals surface area contributed by atoms with Gasteiger partial charge >= 0.3 is 5.97 Å². The molecular weight excluding hydrogens is 634 g/mol. The normalized spacial score (nSPS) is 24.1. The Balaban J connectivity index is 1.46. The van der Waals surface area contributed by atoms with Gasteiger partial charge in [-0.1, -0.05) is 73.5 Å². The Bertz CT molecular complexity index is 1540. The van der Waals surface area contributed by atoms with Crippen LogP contribution in [0, 0.1) is 25.7 Å². The van der Waals surface area contributed by atoms with Crippen LogP contribution in [0.15, 0.2) is 73.8 Å². The molecule has 3 aliphatic rings. The van der Waals surface area contributed by atoms with Crippen LogP contribution in [0.2, 0.25) is 0 Å². The Morgan fingerprint density at radius 3 is 2.46 bits per heavy atom. The molecule has 10 nitrogen and oxygen atoms in total. The number of allylic oxidation sites excluding steroid dienone is 1. The summed E-state index contributed by atoms with van der Waals surface area (Å²) >= 11 is 0. The van der Waals surface area contributed by atoms with Crippen molar-refractivity contribution in [1.29, 1.82) is 0 Å². The van der Waals surface area contributed by atoms with Crippen LogP contribution >= 0.6 is 0 Å². The second-order valence-corrected chi connectivity index (χ2v) is 13.7. The number of nitrogens with one attached hydrogen (secondary N) is 1. The fourth-order valence-corrected chi connectivity index (χ4v) is 8.16. The average Bonchev–Trinajstić information content (AvgIpc) is 3.76. The van der Waals surface area contributed by atoms with Crippen LogP contribution in [0.4, 0.5) is 5.69 Å². The summed E-state index contributed by atoms with van der Waals surface area (Å²) in [5, 5.41) is 12.4. The zero-order valence-electron chi connectivity index (χ0n) is 29.4. The monoisotopic (exact) mass is 685 g/mol. The van der Waals surface area contributed by atoms with Gasteiger partial charge in [0.25, 0.3) is 5.91 Å². The quantitative estimate of drug-likeness (QED) is 0.127. The van der Waals surface area contributed by atoms with Crippen LogP contribution in [-0.2, 0) is 28.7 Å². The standard InChI is InChI=1S/C40H51N3O7/c1-5-7-20-32(45)49-26-30(29-18-11-10-12-19-29)41-37(46)33-31-21-22-40(50-31)34(33)38(47)43(24-13-8-9-14-25-44)36(40)39(48)42(23-6-2)35-27(3)16-15-17-28(35)4/h5-6,10-12,15-19,30-31,33-34,36,44H,1-2,7-9,13-14,20-26H2,3-4H3,(H,41,46)/t30-,31-,33+,34+,36-,40+/m1/s1. The summed E-state index contributed by atoms with van der Waals surface area (Å²) in [5.74, 6) is -2.91. The number of aliphatic hydroxyl groups excluding tert-OH is 1. The molecule has 2 aromatic carbocycles. The van der Waals surface area contributed by atoms with Gasteiger partial charge in [0, 0.05) is 31.8 Å². The first-order valence-corrected chi connectivity index (χ1v) is 17.9. The molecule has 2 N–H and O–H groups in total. The van der Waals surface area contributed by atoms with E-state index in [0.29, 0.717) is 38.6 Å². The lowest BCUT2D eigenvalue weighted by molar-refractivity contribution is -0.146. The highest BCUT2D eigenvalue weighted by Crippen LogP contribution is 2.59. The Labute approximate surface area is 295 Å². The summed E-state index contributed by atoms with van der Waals surface area (Å²) in [4.78, 5) is 59.6. The number of aliphatic hydroxyl groups is 1. The lowest BCUT2D eigenvalue weighted by Gasteiger charge is -2.37. The van der Waals surface area contributed by atoms with Gasteiger partial charge < -0.3 is 29.7 Å². The van der Waals surface area contributed by atoms with Gasteiger partial charge in [-0.2, -0.15) is 0 Å². The molecule has 6 atom stereocenters. The van der Waals surface area contributed by atoms with Gasteiger partial charge in [0.05, 0.1) is 24.0 Å². The van der Waals surface area contributed by atoms with E-state index in [0.717, 1.165) is 35.2 Å². The zero-order valence-corrected chi connectivity index (χ0v) is 29.4. The molecule has 10 heteroatoms. The fraction of sp³-hybridized carbons (Fsp3) is 0.500. The number of nitrogens with zero attached hydrogens (tertiary/aromatic N) is 2. The van der Waals surface area contributed by atoms with Crippen molar-refractivity contribution in [2.75, 3.05) is 31.2 Å². The van der Waals surface area contributed by atoms with Crippen molar-refractivity contribution in [3.63, 3.8) is 0 Å². The van der Waals surface area contributed by atoms with Crippen molar-refractivity contribution < 1.29 is 33.8 Å². The van der Waals surface area contributed by atoms with Crippen LogP contribution in [0.25, 0.3) is 0 Å². The summed E-state index contributed by atoms with van der Waals surface area (Å²) in [6.07, 6.45) is 7.40. The molecule has 0 saturated carbocycles. The number of aryl methyl sites for hydroxylation is 2. The first-order chi connectivity index (χ1) is 24.2. The predicted molar refractivity (Wildman–Crippen MR) is 191 cm³/mol. The number of unbranched alkanes of at least 4 members (excludes halogenated alkanes) is 3. The van der Waals surface area contributed by atoms with Crippen molar-refractivity contribution >= 4 is 29.4 Å². The van der Waals surface area contributed by atoms with Crippen LogP contribution in [0.3, 0.4) is 0 Å². The molecule has 3 heterocycles. The molecule has 2 aromatic rings. The van der Waals surface area contributed by atoms with Gasteiger partial charge in [0.1, 0.15) is 18.2 Å². The SMILES string of the molecule is C=CCCC(=O)OC[C@@H](NC(=O)[C@@H]1[C@H]2C(=O)N(CCCCCCO)[C@H](C(=O)N(CC=C)c3c(C)cccc3C)[C@]23CC[C@H]1O3)c1ccccc1. The van der Waals surface area contributed by atoms with E-state index >= 15 is 0 Å². The van der Waals surface area contributed by atoms with E-state index in [-0.39, 0.29) is 43.9 Å².